The summed E-state index contributed by atoms with van der Waals surface area (Å²) in [5.41, 5.74) is 0.447. The number of rotatable bonds is 6. The minimum absolute atomic E-state index is 0.0503. The largest absolute Gasteiger partial charge is 0.429 e. The van der Waals surface area contributed by atoms with E-state index in [0.717, 1.165) is 30.2 Å². The molecule has 0 saturated heterocycles. The van der Waals surface area contributed by atoms with Gasteiger partial charge in [0.25, 0.3) is 0 Å². The molecule has 3 aromatic carbocycles. The summed E-state index contributed by atoms with van der Waals surface area (Å²) < 4.78 is 75.9. The maximum absolute atomic E-state index is 14.2. The van der Waals surface area contributed by atoms with Gasteiger partial charge < -0.3 is 9.47 Å². The second-order valence-corrected chi connectivity index (χ2v) is 6.22. The lowest BCUT2D eigenvalue weighted by molar-refractivity contribution is -0.0544. The first kappa shape index (κ1) is 20.6. The molecule has 0 aliphatic rings. The molecule has 3 rings (SSSR count). The zero-order chi connectivity index (χ0) is 21.1. The number of aryl methyl sites for hydroxylation is 1. The standard InChI is InChI=1S/C21H15F5O3/c1-2-3-11-4-6-15(16(22)8-11)20(27)28-13-5-7-14-12(9-13)10-17(23)19(18(14)24)29-21(25)26/h4-10,21H,2-3H2,1H3. The van der Waals surface area contributed by atoms with Crippen LogP contribution >= 0.6 is 0 Å². The Balaban J connectivity index is 1.88. The minimum atomic E-state index is -3.39. The molecule has 29 heavy (non-hydrogen) atoms. The summed E-state index contributed by atoms with van der Waals surface area (Å²) in [6.45, 7) is -1.45. The lowest BCUT2D eigenvalue weighted by Crippen LogP contribution is -2.11. The van der Waals surface area contributed by atoms with Gasteiger partial charge in [-0.15, -0.1) is 0 Å². The van der Waals surface area contributed by atoms with Crippen LogP contribution in [0, 0.1) is 17.5 Å². The molecule has 0 amide bonds. The minimum Gasteiger partial charge on any atom is -0.429 e. The van der Waals surface area contributed by atoms with Crippen LogP contribution in [0.1, 0.15) is 29.3 Å². The first-order chi connectivity index (χ1) is 13.8. The summed E-state index contributed by atoms with van der Waals surface area (Å²) in [5, 5.41) is -0.261. The lowest BCUT2D eigenvalue weighted by Gasteiger charge is -2.11. The number of halogens is 5. The third-order valence-electron chi connectivity index (χ3n) is 4.17. The van der Waals surface area contributed by atoms with Crippen LogP contribution in [-0.4, -0.2) is 12.6 Å². The Labute approximate surface area is 162 Å². The molecule has 0 heterocycles. The maximum Gasteiger partial charge on any atom is 0.387 e. The highest BCUT2D eigenvalue weighted by molar-refractivity contribution is 5.92. The Morgan fingerprint density at radius 3 is 2.41 bits per heavy atom. The molecule has 3 nitrogen and oxygen atoms in total. The summed E-state index contributed by atoms with van der Waals surface area (Å²) in [6, 6.07) is 8.36. The third-order valence-corrected chi connectivity index (χ3v) is 4.17. The Morgan fingerprint density at radius 2 is 1.76 bits per heavy atom. The number of carbonyl (C=O) groups excluding carboxylic acids is 1. The van der Waals surface area contributed by atoms with Crippen molar-refractivity contribution in [3.63, 3.8) is 0 Å². The molecule has 152 valence electrons. The lowest BCUT2D eigenvalue weighted by atomic mass is 10.1. The van der Waals surface area contributed by atoms with E-state index in [1.165, 1.54) is 18.2 Å². The SMILES string of the molecule is CCCc1ccc(C(=O)Oc2ccc3c(F)c(OC(F)F)c(F)cc3c2)c(F)c1. The molecule has 0 atom stereocenters. The average molecular weight is 410 g/mol. The van der Waals surface area contributed by atoms with Gasteiger partial charge in [-0.2, -0.15) is 8.78 Å². The highest BCUT2D eigenvalue weighted by Crippen LogP contribution is 2.33. The van der Waals surface area contributed by atoms with Gasteiger partial charge in [-0.05, 0) is 53.8 Å². The summed E-state index contributed by atoms with van der Waals surface area (Å²) >= 11 is 0. The second kappa shape index (κ2) is 8.46. The van der Waals surface area contributed by atoms with Gasteiger partial charge in [0.05, 0.1) is 5.56 Å². The summed E-state index contributed by atoms with van der Waals surface area (Å²) in [6.07, 6.45) is 1.48. The average Bonchev–Trinajstić information content (AvgIpc) is 2.65. The third kappa shape index (κ3) is 4.47. The van der Waals surface area contributed by atoms with Crippen molar-refractivity contribution in [2.45, 2.75) is 26.4 Å². The fourth-order valence-corrected chi connectivity index (χ4v) is 2.88. The van der Waals surface area contributed by atoms with Crippen LogP contribution < -0.4 is 9.47 Å². The van der Waals surface area contributed by atoms with E-state index in [1.807, 2.05) is 6.92 Å². The zero-order valence-electron chi connectivity index (χ0n) is 15.1. The second-order valence-electron chi connectivity index (χ2n) is 6.22. The van der Waals surface area contributed by atoms with E-state index in [1.54, 1.807) is 6.07 Å². The summed E-state index contributed by atoms with van der Waals surface area (Å²) in [5.74, 6) is -5.67. The van der Waals surface area contributed by atoms with Gasteiger partial charge in [-0.1, -0.05) is 19.4 Å². The Hall–Kier alpha value is -3.16. The maximum atomic E-state index is 14.2. The van der Waals surface area contributed by atoms with Crippen LogP contribution in [0.5, 0.6) is 11.5 Å². The van der Waals surface area contributed by atoms with Gasteiger partial charge in [0.15, 0.2) is 17.4 Å². The number of hydrogen-bond donors (Lipinski definition) is 0. The van der Waals surface area contributed by atoms with Crippen molar-refractivity contribution in [3.05, 3.63) is 71.0 Å². The molecule has 0 saturated carbocycles. The number of esters is 1. The number of benzene rings is 3. The van der Waals surface area contributed by atoms with Crippen LogP contribution in [0.15, 0.2) is 42.5 Å². The normalized spacial score (nSPS) is 11.1. The smallest absolute Gasteiger partial charge is 0.387 e. The molecular formula is C21H15F5O3. The van der Waals surface area contributed by atoms with Crippen molar-refractivity contribution in [2.75, 3.05) is 0 Å². The van der Waals surface area contributed by atoms with E-state index in [2.05, 4.69) is 4.74 Å². The molecule has 0 radical (unpaired) electrons. The summed E-state index contributed by atoms with van der Waals surface area (Å²) in [4.78, 5) is 12.2. The fourth-order valence-electron chi connectivity index (χ4n) is 2.88. The number of ether oxygens (including phenoxy) is 2. The van der Waals surface area contributed by atoms with Crippen molar-refractivity contribution >= 4 is 16.7 Å². The Morgan fingerprint density at radius 1 is 1.00 bits per heavy atom. The number of hydrogen-bond acceptors (Lipinski definition) is 3. The van der Waals surface area contributed by atoms with E-state index in [0.29, 0.717) is 6.42 Å². The highest BCUT2D eigenvalue weighted by Gasteiger charge is 2.20. The molecule has 3 aromatic rings. The predicted molar refractivity (Wildman–Crippen MR) is 95.8 cm³/mol. The van der Waals surface area contributed by atoms with E-state index in [9.17, 15) is 26.7 Å². The molecule has 8 heteroatoms. The van der Waals surface area contributed by atoms with Crippen molar-refractivity contribution in [3.8, 4) is 11.5 Å². The molecule has 0 spiro atoms. The van der Waals surface area contributed by atoms with Crippen molar-refractivity contribution < 1.29 is 36.2 Å². The fraction of sp³-hybridized carbons (Fsp3) is 0.190. The van der Waals surface area contributed by atoms with Gasteiger partial charge in [0.1, 0.15) is 11.6 Å². The molecule has 0 fully saturated rings. The van der Waals surface area contributed by atoms with Crippen LogP contribution in [-0.2, 0) is 6.42 Å². The van der Waals surface area contributed by atoms with Crippen LogP contribution in [0.2, 0.25) is 0 Å². The molecule has 0 N–H and O–H groups in total. The first-order valence-electron chi connectivity index (χ1n) is 8.67. The van der Waals surface area contributed by atoms with Crippen molar-refractivity contribution in [2.24, 2.45) is 0 Å². The van der Waals surface area contributed by atoms with Gasteiger partial charge in [0, 0.05) is 5.39 Å². The van der Waals surface area contributed by atoms with Gasteiger partial charge in [0.2, 0.25) is 0 Å². The molecule has 0 aromatic heterocycles. The van der Waals surface area contributed by atoms with Crippen molar-refractivity contribution in [1.29, 1.82) is 0 Å². The molecule has 0 aliphatic heterocycles. The topological polar surface area (TPSA) is 35.5 Å². The summed E-state index contributed by atoms with van der Waals surface area (Å²) in [7, 11) is 0. The van der Waals surface area contributed by atoms with Gasteiger partial charge in [-0.3, -0.25) is 0 Å². The predicted octanol–water partition coefficient (Wildman–Crippen LogP) is 6.03. The number of carbonyl (C=O) groups is 1. The molecule has 0 aliphatic carbocycles. The number of alkyl halides is 2. The van der Waals surface area contributed by atoms with Crippen LogP contribution in [0.25, 0.3) is 10.8 Å². The number of fused-ring (bicyclic) bond motifs is 1. The zero-order valence-corrected chi connectivity index (χ0v) is 15.1. The highest BCUT2D eigenvalue weighted by atomic mass is 19.3. The first-order valence-corrected chi connectivity index (χ1v) is 8.67. The van der Waals surface area contributed by atoms with Crippen LogP contribution in [0.4, 0.5) is 22.0 Å². The Bertz CT molecular complexity index is 1070. The van der Waals surface area contributed by atoms with E-state index < -0.39 is 35.8 Å². The van der Waals surface area contributed by atoms with Gasteiger partial charge >= 0.3 is 12.6 Å². The quantitative estimate of drug-likeness (QED) is 0.283. The van der Waals surface area contributed by atoms with E-state index in [-0.39, 0.29) is 22.1 Å². The Kier molecular flexibility index (Phi) is 6.00. The van der Waals surface area contributed by atoms with E-state index in [4.69, 9.17) is 4.74 Å². The molecule has 0 unspecified atom stereocenters. The molecule has 0 bridgehead atoms. The molecular weight excluding hydrogens is 395 g/mol. The van der Waals surface area contributed by atoms with Crippen LogP contribution in [0.3, 0.4) is 0 Å². The van der Waals surface area contributed by atoms with Gasteiger partial charge in [-0.25, -0.2) is 18.0 Å². The van der Waals surface area contributed by atoms with Crippen molar-refractivity contribution in [1.82, 2.24) is 0 Å². The van der Waals surface area contributed by atoms with E-state index >= 15 is 0 Å². The monoisotopic (exact) mass is 410 g/mol.